The second kappa shape index (κ2) is 7.13. The van der Waals surface area contributed by atoms with E-state index in [1.807, 2.05) is 0 Å². The van der Waals surface area contributed by atoms with Crippen LogP contribution in [0.15, 0.2) is 18.2 Å². The van der Waals surface area contributed by atoms with Crippen molar-refractivity contribution in [2.75, 3.05) is 26.1 Å². The van der Waals surface area contributed by atoms with Crippen molar-refractivity contribution in [3.63, 3.8) is 0 Å². The van der Waals surface area contributed by atoms with Crippen molar-refractivity contribution in [2.45, 2.75) is 6.92 Å². The Hall–Kier alpha value is -2.57. The summed E-state index contributed by atoms with van der Waals surface area (Å²) in [6.07, 6.45) is 2.60. The first kappa shape index (κ1) is 15.5. The van der Waals surface area contributed by atoms with Crippen molar-refractivity contribution < 1.29 is 19.2 Å². The van der Waals surface area contributed by atoms with Crippen LogP contribution in [0.1, 0.15) is 12.5 Å². The van der Waals surface area contributed by atoms with E-state index < -0.39 is 10.9 Å². The largest absolute Gasteiger partial charge is 0.493 e. The molecule has 0 amide bonds. The van der Waals surface area contributed by atoms with E-state index in [4.69, 9.17) is 4.74 Å². The maximum absolute atomic E-state index is 11.1. The van der Waals surface area contributed by atoms with Gasteiger partial charge >= 0.3 is 5.97 Å². The number of nitrogens with zero attached hydrogens (tertiary/aromatic N) is 1. The molecule has 1 N–H and O–H groups in total. The molecule has 0 saturated heterocycles. The maximum atomic E-state index is 11.1. The van der Waals surface area contributed by atoms with Crippen LogP contribution in [-0.4, -0.2) is 31.7 Å². The predicted molar refractivity (Wildman–Crippen MR) is 74.9 cm³/mol. The lowest BCUT2D eigenvalue weighted by atomic mass is 10.1. The Morgan fingerprint density at radius 3 is 2.70 bits per heavy atom. The minimum absolute atomic E-state index is 0.0968. The molecule has 1 rings (SSSR count). The molecule has 1 aromatic carbocycles. The molecule has 0 radical (unpaired) electrons. The quantitative estimate of drug-likeness (QED) is 0.372. The fourth-order valence-corrected chi connectivity index (χ4v) is 1.57. The number of anilines is 1. The van der Waals surface area contributed by atoms with Gasteiger partial charge in [-0.3, -0.25) is 10.1 Å². The standard InChI is InChI=1S/C13H16N2O5/c1-4-20-12-8-10(14-2)11(15(17)18)7-9(12)5-6-13(16)19-3/h5-8,14H,4H2,1-3H3/b6-5+. The van der Waals surface area contributed by atoms with E-state index in [1.54, 1.807) is 14.0 Å². The summed E-state index contributed by atoms with van der Waals surface area (Å²) in [4.78, 5) is 21.6. The summed E-state index contributed by atoms with van der Waals surface area (Å²) < 4.78 is 9.90. The van der Waals surface area contributed by atoms with E-state index in [0.29, 0.717) is 23.6 Å². The number of methoxy groups -OCH3 is 1. The minimum Gasteiger partial charge on any atom is -0.493 e. The second-order valence-corrected chi connectivity index (χ2v) is 3.70. The number of ether oxygens (including phenoxy) is 2. The van der Waals surface area contributed by atoms with E-state index >= 15 is 0 Å². The molecule has 0 saturated carbocycles. The normalized spacial score (nSPS) is 10.3. The molecule has 0 aliphatic carbocycles. The number of esters is 1. The van der Waals surface area contributed by atoms with Gasteiger partial charge in [-0.1, -0.05) is 0 Å². The monoisotopic (exact) mass is 280 g/mol. The molecule has 0 fully saturated rings. The van der Waals surface area contributed by atoms with E-state index in [2.05, 4.69) is 10.1 Å². The number of carbonyl (C=O) groups excluding carboxylic acids is 1. The molecule has 108 valence electrons. The highest BCUT2D eigenvalue weighted by molar-refractivity contribution is 5.88. The first-order valence-corrected chi connectivity index (χ1v) is 5.92. The summed E-state index contributed by atoms with van der Waals surface area (Å²) in [5, 5.41) is 13.7. The molecule has 0 heterocycles. The molecule has 0 atom stereocenters. The summed E-state index contributed by atoms with van der Waals surface area (Å²) in [5.41, 5.74) is 0.678. The number of nitrogens with one attached hydrogen (secondary N) is 1. The smallest absolute Gasteiger partial charge is 0.330 e. The van der Waals surface area contributed by atoms with E-state index in [-0.39, 0.29) is 5.69 Å². The highest BCUT2D eigenvalue weighted by atomic mass is 16.6. The van der Waals surface area contributed by atoms with Gasteiger partial charge in [0.2, 0.25) is 0 Å². The van der Waals surface area contributed by atoms with E-state index in [1.165, 1.54) is 31.4 Å². The predicted octanol–water partition coefficient (Wildman–Crippen LogP) is 2.22. The number of carbonyl (C=O) groups is 1. The molecule has 1 aromatic rings. The number of benzene rings is 1. The Balaban J connectivity index is 3.31. The molecule has 7 heteroatoms. The van der Waals surface area contributed by atoms with Crippen LogP contribution < -0.4 is 10.1 Å². The van der Waals surface area contributed by atoms with Gasteiger partial charge in [-0.15, -0.1) is 0 Å². The second-order valence-electron chi connectivity index (χ2n) is 3.70. The van der Waals surface area contributed by atoms with Crippen molar-refractivity contribution in [3.8, 4) is 5.75 Å². The van der Waals surface area contributed by atoms with Crippen LogP contribution in [0.4, 0.5) is 11.4 Å². The van der Waals surface area contributed by atoms with Crippen LogP contribution in [0.25, 0.3) is 6.08 Å². The van der Waals surface area contributed by atoms with Gasteiger partial charge in [-0.2, -0.15) is 0 Å². The van der Waals surface area contributed by atoms with Crippen LogP contribution in [0.2, 0.25) is 0 Å². The van der Waals surface area contributed by atoms with E-state index in [0.717, 1.165) is 0 Å². The van der Waals surface area contributed by atoms with Crippen LogP contribution in [0.5, 0.6) is 5.75 Å². The number of hydrogen-bond donors (Lipinski definition) is 1. The zero-order valence-corrected chi connectivity index (χ0v) is 11.5. The van der Waals surface area contributed by atoms with Crippen molar-refractivity contribution in [1.29, 1.82) is 0 Å². The summed E-state index contributed by atoms with van der Waals surface area (Å²) in [6, 6.07) is 2.87. The molecule has 0 spiro atoms. The first-order chi connectivity index (χ1) is 9.53. The third-order valence-corrected chi connectivity index (χ3v) is 2.49. The highest BCUT2D eigenvalue weighted by Crippen LogP contribution is 2.33. The third kappa shape index (κ3) is 3.71. The molecular formula is C13H16N2O5. The lowest BCUT2D eigenvalue weighted by Crippen LogP contribution is -2.01. The van der Waals surface area contributed by atoms with Gasteiger partial charge in [0.05, 0.1) is 18.6 Å². The van der Waals surface area contributed by atoms with Crippen molar-refractivity contribution in [1.82, 2.24) is 0 Å². The van der Waals surface area contributed by atoms with Gasteiger partial charge in [0.1, 0.15) is 11.4 Å². The summed E-state index contributed by atoms with van der Waals surface area (Å²) >= 11 is 0. The third-order valence-electron chi connectivity index (χ3n) is 2.49. The number of rotatable bonds is 6. The van der Waals surface area contributed by atoms with Gasteiger partial charge in [-0.05, 0) is 13.0 Å². The topological polar surface area (TPSA) is 90.7 Å². The Morgan fingerprint density at radius 1 is 1.50 bits per heavy atom. The van der Waals surface area contributed by atoms with Crippen molar-refractivity contribution in [2.24, 2.45) is 0 Å². The lowest BCUT2D eigenvalue weighted by molar-refractivity contribution is -0.384. The Morgan fingerprint density at radius 2 is 2.20 bits per heavy atom. The Kier molecular flexibility index (Phi) is 5.52. The minimum atomic E-state index is -0.548. The molecule has 0 aliphatic heterocycles. The number of nitro groups is 1. The zero-order valence-electron chi connectivity index (χ0n) is 11.5. The molecular weight excluding hydrogens is 264 g/mol. The lowest BCUT2D eigenvalue weighted by Gasteiger charge is -2.10. The van der Waals surface area contributed by atoms with Crippen molar-refractivity contribution in [3.05, 3.63) is 33.9 Å². The van der Waals surface area contributed by atoms with Crippen LogP contribution in [0.3, 0.4) is 0 Å². The fourth-order valence-electron chi connectivity index (χ4n) is 1.57. The Bertz CT molecular complexity index is 540. The fraction of sp³-hybridized carbons (Fsp3) is 0.308. The number of hydrogen-bond acceptors (Lipinski definition) is 6. The Labute approximate surface area is 116 Å². The van der Waals surface area contributed by atoms with Gasteiger partial charge in [-0.25, -0.2) is 4.79 Å². The van der Waals surface area contributed by atoms with Gasteiger partial charge < -0.3 is 14.8 Å². The number of nitro benzene ring substituents is 1. The van der Waals surface area contributed by atoms with Gasteiger partial charge in [0.25, 0.3) is 5.69 Å². The molecule has 20 heavy (non-hydrogen) atoms. The zero-order chi connectivity index (χ0) is 15.1. The van der Waals surface area contributed by atoms with E-state index in [9.17, 15) is 14.9 Å². The summed E-state index contributed by atoms with van der Waals surface area (Å²) in [7, 11) is 2.84. The van der Waals surface area contributed by atoms with Crippen LogP contribution >= 0.6 is 0 Å². The van der Waals surface area contributed by atoms with Gasteiger partial charge in [0.15, 0.2) is 0 Å². The molecule has 0 aliphatic rings. The molecule has 0 aromatic heterocycles. The SMILES string of the molecule is CCOc1cc(NC)c([N+](=O)[O-])cc1/C=C/C(=O)OC. The maximum Gasteiger partial charge on any atom is 0.330 e. The summed E-state index contributed by atoms with van der Waals surface area (Å²) in [5.74, 6) is -0.101. The highest BCUT2D eigenvalue weighted by Gasteiger charge is 2.17. The molecule has 0 unspecified atom stereocenters. The molecule has 0 bridgehead atoms. The van der Waals surface area contributed by atoms with Crippen LogP contribution in [-0.2, 0) is 9.53 Å². The first-order valence-electron chi connectivity index (χ1n) is 5.92. The van der Waals surface area contributed by atoms with Gasteiger partial charge in [0, 0.05) is 30.8 Å². The average Bonchev–Trinajstić information content (AvgIpc) is 2.44. The average molecular weight is 280 g/mol. The van der Waals surface area contributed by atoms with Crippen molar-refractivity contribution >= 4 is 23.4 Å². The summed E-state index contributed by atoms with van der Waals surface area (Å²) in [6.45, 7) is 2.20. The molecule has 7 nitrogen and oxygen atoms in total. The van der Waals surface area contributed by atoms with Crippen LogP contribution in [0, 0.1) is 10.1 Å².